The van der Waals surface area contributed by atoms with E-state index in [0.717, 1.165) is 22.3 Å². The maximum Gasteiger partial charge on any atom is 0.274 e. The van der Waals surface area contributed by atoms with Crippen molar-refractivity contribution in [2.75, 3.05) is 10.6 Å². The van der Waals surface area contributed by atoms with Gasteiger partial charge in [0, 0.05) is 17.3 Å². The third-order valence-corrected chi connectivity index (χ3v) is 4.22. The molecule has 0 fully saturated rings. The summed E-state index contributed by atoms with van der Waals surface area (Å²) in [6, 6.07) is 21.1. The predicted molar refractivity (Wildman–Crippen MR) is 108 cm³/mol. The molecule has 4 rings (SSSR count). The first kappa shape index (κ1) is 16.7. The average molecular weight is 354 g/mol. The molecule has 2 N–H and O–H groups in total. The molecule has 0 aliphatic heterocycles. The van der Waals surface area contributed by atoms with Gasteiger partial charge in [-0.3, -0.25) is 9.78 Å². The molecular weight excluding hydrogens is 336 g/mol. The summed E-state index contributed by atoms with van der Waals surface area (Å²) >= 11 is 0. The second-order valence-electron chi connectivity index (χ2n) is 6.26. The minimum Gasteiger partial charge on any atom is -0.354 e. The molecule has 0 saturated carbocycles. The van der Waals surface area contributed by atoms with Crippen molar-refractivity contribution in [3.63, 3.8) is 0 Å². The Bertz CT molecular complexity index is 1080. The van der Waals surface area contributed by atoms with E-state index in [1.807, 2.05) is 67.6 Å². The van der Waals surface area contributed by atoms with E-state index >= 15 is 0 Å². The summed E-state index contributed by atoms with van der Waals surface area (Å²) in [4.78, 5) is 21.2. The first-order chi connectivity index (χ1) is 13.2. The van der Waals surface area contributed by atoms with Gasteiger partial charge in [-0.25, -0.2) is 4.98 Å². The van der Waals surface area contributed by atoms with Crippen LogP contribution in [0.5, 0.6) is 0 Å². The van der Waals surface area contributed by atoms with Crippen molar-refractivity contribution in [2.24, 2.45) is 0 Å². The molecular formula is C22H18N4O. The normalized spacial score (nSPS) is 10.6. The fraction of sp³-hybridized carbons (Fsp3) is 0.0455. The molecule has 0 aliphatic carbocycles. The Morgan fingerprint density at radius 3 is 2.41 bits per heavy atom. The van der Waals surface area contributed by atoms with E-state index in [0.29, 0.717) is 11.4 Å². The Balaban J connectivity index is 1.50. The smallest absolute Gasteiger partial charge is 0.274 e. The number of benzene rings is 2. The molecule has 132 valence electrons. The Kier molecular flexibility index (Phi) is 4.49. The predicted octanol–water partition coefficient (Wildman–Crippen LogP) is 4.93. The standard InChI is InChI=1S/C22H18N4O/c1-15-7-9-17(10-8-15)25-18-11-12-20(24-14-18)22(27)26-19-6-2-4-16-5-3-13-23-21(16)19/h2-14,25H,1H3,(H,26,27). The topological polar surface area (TPSA) is 66.9 Å². The van der Waals surface area contributed by atoms with E-state index in [2.05, 4.69) is 20.6 Å². The molecule has 0 spiro atoms. The number of amides is 1. The van der Waals surface area contributed by atoms with Gasteiger partial charge in [0.25, 0.3) is 5.91 Å². The Hall–Kier alpha value is -3.73. The first-order valence-corrected chi connectivity index (χ1v) is 8.64. The molecule has 5 nitrogen and oxygen atoms in total. The number of para-hydroxylation sites is 1. The number of carbonyl (C=O) groups excluding carboxylic acids is 1. The monoisotopic (exact) mass is 354 g/mol. The Morgan fingerprint density at radius 2 is 1.63 bits per heavy atom. The van der Waals surface area contributed by atoms with Gasteiger partial charge in [0.2, 0.25) is 0 Å². The highest BCUT2D eigenvalue weighted by Gasteiger charge is 2.10. The molecule has 0 atom stereocenters. The van der Waals surface area contributed by atoms with Gasteiger partial charge in [-0.1, -0.05) is 35.9 Å². The van der Waals surface area contributed by atoms with Gasteiger partial charge in [0.05, 0.1) is 23.1 Å². The molecule has 0 aliphatic rings. The fourth-order valence-electron chi connectivity index (χ4n) is 2.80. The number of nitrogens with zero attached hydrogens (tertiary/aromatic N) is 2. The molecule has 0 saturated heterocycles. The second kappa shape index (κ2) is 7.25. The van der Waals surface area contributed by atoms with E-state index in [9.17, 15) is 4.79 Å². The number of hydrogen-bond donors (Lipinski definition) is 2. The van der Waals surface area contributed by atoms with E-state index < -0.39 is 0 Å². The highest BCUT2D eigenvalue weighted by atomic mass is 16.1. The van der Waals surface area contributed by atoms with Gasteiger partial charge in [-0.2, -0.15) is 0 Å². The number of anilines is 3. The highest BCUT2D eigenvalue weighted by Crippen LogP contribution is 2.21. The number of fused-ring (bicyclic) bond motifs is 1. The molecule has 0 radical (unpaired) electrons. The molecule has 0 unspecified atom stereocenters. The van der Waals surface area contributed by atoms with Gasteiger partial charge in [0.1, 0.15) is 5.69 Å². The zero-order chi connectivity index (χ0) is 18.6. The lowest BCUT2D eigenvalue weighted by Crippen LogP contribution is -2.14. The highest BCUT2D eigenvalue weighted by molar-refractivity contribution is 6.07. The van der Waals surface area contributed by atoms with Crippen molar-refractivity contribution in [3.8, 4) is 0 Å². The van der Waals surface area contributed by atoms with E-state index in [-0.39, 0.29) is 5.91 Å². The average Bonchev–Trinajstić information content (AvgIpc) is 2.70. The number of aromatic nitrogens is 2. The summed E-state index contributed by atoms with van der Waals surface area (Å²) in [7, 11) is 0. The van der Waals surface area contributed by atoms with Crippen LogP contribution in [0.25, 0.3) is 10.9 Å². The van der Waals surface area contributed by atoms with E-state index in [1.165, 1.54) is 5.56 Å². The number of pyridine rings is 2. The summed E-state index contributed by atoms with van der Waals surface area (Å²) in [5.74, 6) is -0.268. The second-order valence-corrected chi connectivity index (χ2v) is 6.26. The van der Waals surface area contributed by atoms with Gasteiger partial charge in [-0.05, 0) is 43.3 Å². The number of rotatable bonds is 4. The zero-order valence-electron chi connectivity index (χ0n) is 14.8. The number of nitrogens with one attached hydrogen (secondary N) is 2. The molecule has 2 aromatic carbocycles. The van der Waals surface area contributed by atoms with E-state index in [4.69, 9.17) is 0 Å². The fourth-order valence-corrected chi connectivity index (χ4v) is 2.80. The van der Waals surface area contributed by atoms with Crippen molar-refractivity contribution >= 4 is 33.9 Å². The summed E-state index contributed by atoms with van der Waals surface area (Å²) in [6.07, 6.45) is 3.36. The first-order valence-electron chi connectivity index (χ1n) is 8.64. The van der Waals surface area contributed by atoms with Crippen LogP contribution in [0.2, 0.25) is 0 Å². The summed E-state index contributed by atoms with van der Waals surface area (Å²) in [5, 5.41) is 7.13. The SMILES string of the molecule is Cc1ccc(Nc2ccc(C(=O)Nc3cccc4cccnc34)nc2)cc1. The van der Waals surface area contributed by atoms with Crippen molar-refractivity contribution < 1.29 is 4.79 Å². The van der Waals surface area contributed by atoms with Crippen LogP contribution in [0.4, 0.5) is 17.1 Å². The van der Waals surface area contributed by atoms with Crippen LogP contribution in [0.1, 0.15) is 16.1 Å². The minimum atomic E-state index is -0.268. The lowest BCUT2D eigenvalue weighted by molar-refractivity contribution is 0.102. The molecule has 27 heavy (non-hydrogen) atoms. The van der Waals surface area contributed by atoms with Crippen molar-refractivity contribution in [3.05, 3.63) is 90.4 Å². The quantitative estimate of drug-likeness (QED) is 0.545. The van der Waals surface area contributed by atoms with Gasteiger partial charge >= 0.3 is 0 Å². The number of aryl methyl sites for hydroxylation is 1. The molecule has 1 amide bonds. The zero-order valence-corrected chi connectivity index (χ0v) is 14.8. The summed E-state index contributed by atoms with van der Waals surface area (Å²) in [5.41, 5.74) is 4.77. The maximum atomic E-state index is 12.5. The lowest BCUT2D eigenvalue weighted by Gasteiger charge is -2.09. The van der Waals surface area contributed by atoms with Crippen molar-refractivity contribution in [1.82, 2.24) is 9.97 Å². The lowest BCUT2D eigenvalue weighted by atomic mass is 10.2. The van der Waals surface area contributed by atoms with Crippen LogP contribution in [-0.4, -0.2) is 15.9 Å². The van der Waals surface area contributed by atoms with Crippen molar-refractivity contribution in [1.29, 1.82) is 0 Å². The molecule has 4 aromatic rings. The maximum absolute atomic E-state index is 12.5. The van der Waals surface area contributed by atoms with E-state index in [1.54, 1.807) is 18.5 Å². The van der Waals surface area contributed by atoms with Gasteiger partial charge < -0.3 is 10.6 Å². The van der Waals surface area contributed by atoms with Crippen LogP contribution in [0.15, 0.2) is 79.1 Å². The number of hydrogen-bond acceptors (Lipinski definition) is 4. The largest absolute Gasteiger partial charge is 0.354 e. The summed E-state index contributed by atoms with van der Waals surface area (Å²) < 4.78 is 0. The van der Waals surface area contributed by atoms with Crippen molar-refractivity contribution in [2.45, 2.75) is 6.92 Å². The van der Waals surface area contributed by atoms with Crippen LogP contribution in [-0.2, 0) is 0 Å². The van der Waals surface area contributed by atoms with Gasteiger partial charge in [0.15, 0.2) is 0 Å². The Morgan fingerprint density at radius 1 is 0.852 bits per heavy atom. The van der Waals surface area contributed by atoms with Crippen LogP contribution >= 0.6 is 0 Å². The summed E-state index contributed by atoms with van der Waals surface area (Å²) in [6.45, 7) is 2.05. The third-order valence-electron chi connectivity index (χ3n) is 4.22. The molecule has 2 heterocycles. The van der Waals surface area contributed by atoms with Crippen LogP contribution < -0.4 is 10.6 Å². The van der Waals surface area contributed by atoms with Crippen LogP contribution in [0, 0.1) is 6.92 Å². The van der Waals surface area contributed by atoms with Crippen LogP contribution in [0.3, 0.4) is 0 Å². The molecule has 5 heteroatoms. The molecule has 0 bridgehead atoms. The Labute approximate surface area is 157 Å². The minimum absolute atomic E-state index is 0.268. The third kappa shape index (κ3) is 3.77. The molecule has 2 aromatic heterocycles. The number of carbonyl (C=O) groups is 1. The van der Waals surface area contributed by atoms with Gasteiger partial charge in [-0.15, -0.1) is 0 Å².